The highest BCUT2D eigenvalue weighted by molar-refractivity contribution is 5.95. The summed E-state index contributed by atoms with van der Waals surface area (Å²) in [5.41, 5.74) is 11.9. The van der Waals surface area contributed by atoms with Crippen molar-refractivity contribution in [2.75, 3.05) is 0 Å². The molecular formula is C27H35N5O8. The molecule has 0 aliphatic rings. The number of aliphatic carboxylic acids is 1. The number of hydrogen-bond donors (Lipinski definition) is 8. The van der Waals surface area contributed by atoms with Crippen molar-refractivity contribution in [2.45, 2.75) is 57.3 Å². The maximum atomic E-state index is 13.3. The van der Waals surface area contributed by atoms with Gasteiger partial charge in [0.1, 0.15) is 29.6 Å². The fourth-order valence-electron chi connectivity index (χ4n) is 3.78. The van der Waals surface area contributed by atoms with E-state index < -0.39 is 66.1 Å². The van der Waals surface area contributed by atoms with Gasteiger partial charge in [0.2, 0.25) is 23.6 Å². The van der Waals surface area contributed by atoms with Crippen LogP contribution in [0, 0.1) is 5.92 Å². The van der Waals surface area contributed by atoms with Gasteiger partial charge in [0.25, 0.3) is 0 Å². The maximum Gasteiger partial charge on any atom is 0.326 e. The first-order valence-electron chi connectivity index (χ1n) is 12.5. The van der Waals surface area contributed by atoms with Gasteiger partial charge in [-0.1, -0.05) is 38.1 Å². The first-order chi connectivity index (χ1) is 18.8. The predicted octanol–water partition coefficient (Wildman–Crippen LogP) is -0.719. The van der Waals surface area contributed by atoms with Gasteiger partial charge in [-0.15, -0.1) is 0 Å². The summed E-state index contributed by atoms with van der Waals surface area (Å²) in [6.45, 7) is 3.30. The van der Waals surface area contributed by atoms with Gasteiger partial charge in [-0.25, -0.2) is 4.79 Å². The molecule has 0 fully saturated rings. The van der Waals surface area contributed by atoms with E-state index in [-0.39, 0.29) is 24.3 Å². The van der Waals surface area contributed by atoms with E-state index in [2.05, 4.69) is 16.0 Å². The number of aromatic hydroxyl groups is 2. The molecule has 4 atom stereocenters. The van der Waals surface area contributed by atoms with Crippen molar-refractivity contribution in [1.82, 2.24) is 16.0 Å². The highest BCUT2D eigenvalue weighted by Gasteiger charge is 2.32. The van der Waals surface area contributed by atoms with Crippen molar-refractivity contribution in [2.24, 2.45) is 17.4 Å². The summed E-state index contributed by atoms with van der Waals surface area (Å²) in [4.78, 5) is 62.1. The van der Waals surface area contributed by atoms with E-state index in [4.69, 9.17) is 11.5 Å². The summed E-state index contributed by atoms with van der Waals surface area (Å²) >= 11 is 0. The zero-order valence-electron chi connectivity index (χ0n) is 22.2. The normalized spacial score (nSPS) is 13.9. The molecule has 4 unspecified atom stereocenters. The standard InChI is InChI=1S/C27H35N5O8/c1-14(2)23(26(38)31-21(27(39)40)12-16-5-9-18(34)10-6-16)32-25(37)20(11-15-3-7-17(33)8-4-15)30-24(36)19(28)13-22(29)35/h3-10,14,19-21,23,33-34H,11-13,28H2,1-2H3,(H2,29,35)(H,30,36)(H,31,38)(H,32,37)(H,39,40). The van der Waals surface area contributed by atoms with Crippen molar-refractivity contribution in [1.29, 1.82) is 0 Å². The average Bonchev–Trinajstić information content (AvgIpc) is 2.87. The van der Waals surface area contributed by atoms with E-state index in [0.717, 1.165) is 0 Å². The predicted molar refractivity (Wildman–Crippen MR) is 144 cm³/mol. The Bertz CT molecular complexity index is 1200. The van der Waals surface area contributed by atoms with Crippen LogP contribution in [-0.2, 0) is 36.8 Å². The lowest BCUT2D eigenvalue weighted by atomic mass is 9.99. The van der Waals surface area contributed by atoms with Gasteiger partial charge < -0.3 is 42.7 Å². The smallest absolute Gasteiger partial charge is 0.326 e. The Balaban J connectivity index is 2.21. The topological polar surface area (TPSA) is 234 Å². The second kappa shape index (κ2) is 14.5. The summed E-state index contributed by atoms with van der Waals surface area (Å²) in [5.74, 6) is -4.91. The summed E-state index contributed by atoms with van der Waals surface area (Å²) in [5, 5.41) is 36.1. The lowest BCUT2D eigenvalue weighted by Crippen LogP contribution is -2.59. The van der Waals surface area contributed by atoms with Crippen molar-refractivity contribution in [3.63, 3.8) is 0 Å². The maximum absolute atomic E-state index is 13.3. The first-order valence-corrected chi connectivity index (χ1v) is 12.5. The third-order valence-electron chi connectivity index (χ3n) is 6.00. The molecule has 0 bridgehead atoms. The van der Waals surface area contributed by atoms with Gasteiger partial charge in [-0.2, -0.15) is 0 Å². The molecule has 2 aromatic rings. The zero-order chi connectivity index (χ0) is 30.0. The molecule has 0 radical (unpaired) electrons. The Kier molecular flexibility index (Phi) is 11.4. The summed E-state index contributed by atoms with van der Waals surface area (Å²) in [6, 6.07) is 6.67. The molecule has 2 aromatic carbocycles. The minimum atomic E-state index is -1.32. The van der Waals surface area contributed by atoms with Crippen LogP contribution in [0.2, 0.25) is 0 Å². The number of nitrogens with one attached hydrogen (secondary N) is 3. The van der Waals surface area contributed by atoms with Crippen LogP contribution >= 0.6 is 0 Å². The summed E-state index contributed by atoms with van der Waals surface area (Å²) in [7, 11) is 0. The fraction of sp³-hybridized carbons (Fsp3) is 0.370. The van der Waals surface area contributed by atoms with Crippen LogP contribution in [0.25, 0.3) is 0 Å². The van der Waals surface area contributed by atoms with Crippen LogP contribution < -0.4 is 27.4 Å². The SMILES string of the molecule is CC(C)C(NC(=O)C(Cc1ccc(O)cc1)NC(=O)C(N)CC(N)=O)C(=O)NC(Cc1ccc(O)cc1)C(=O)O. The number of primary amides is 1. The van der Waals surface area contributed by atoms with Gasteiger partial charge in [0.15, 0.2) is 0 Å². The number of phenols is 2. The fourth-order valence-corrected chi connectivity index (χ4v) is 3.78. The average molecular weight is 558 g/mol. The molecule has 0 saturated heterocycles. The van der Waals surface area contributed by atoms with E-state index in [1.54, 1.807) is 26.0 Å². The van der Waals surface area contributed by atoms with Crippen LogP contribution in [-0.4, -0.2) is 69.1 Å². The van der Waals surface area contributed by atoms with Gasteiger partial charge in [-0.05, 0) is 41.3 Å². The van der Waals surface area contributed by atoms with Crippen LogP contribution in [0.3, 0.4) is 0 Å². The van der Waals surface area contributed by atoms with E-state index >= 15 is 0 Å². The third kappa shape index (κ3) is 9.91. The van der Waals surface area contributed by atoms with Crippen LogP contribution in [0.5, 0.6) is 11.5 Å². The summed E-state index contributed by atoms with van der Waals surface area (Å²) in [6.07, 6.45) is -0.572. The molecule has 4 amide bonds. The Labute approximate surface area is 230 Å². The monoisotopic (exact) mass is 557 g/mol. The molecule has 0 aliphatic carbocycles. The van der Waals surface area contributed by atoms with Gasteiger partial charge in [0, 0.05) is 12.8 Å². The number of phenolic OH excluding ortho intramolecular Hbond substituents is 2. The Morgan fingerprint density at radius 1 is 0.725 bits per heavy atom. The Morgan fingerprint density at radius 3 is 1.60 bits per heavy atom. The van der Waals surface area contributed by atoms with Crippen LogP contribution in [0.4, 0.5) is 0 Å². The van der Waals surface area contributed by atoms with E-state index in [1.807, 2.05) is 0 Å². The highest BCUT2D eigenvalue weighted by Crippen LogP contribution is 2.14. The second-order valence-electron chi connectivity index (χ2n) is 9.71. The van der Waals surface area contributed by atoms with Crippen molar-refractivity contribution >= 4 is 29.6 Å². The first kappa shape index (κ1) is 31.6. The number of rotatable bonds is 14. The number of hydrogen-bond acceptors (Lipinski definition) is 8. The molecular weight excluding hydrogens is 522 g/mol. The third-order valence-corrected chi connectivity index (χ3v) is 6.00. The molecule has 13 nitrogen and oxygen atoms in total. The number of amides is 4. The number of carboxylic acid groups (broad SMARTS) is 1. The molecule has 0 spiro atoms. The molecule has 40 heavy (non-hydrogen) atoms. The highest BCUT2D eigenvalue weighted by atomic mass is 16.4. The van der Waals surface area contributed by atoms with Crippen molar-refractivity contribution in [3.05, 3.63) is 59.7 Å². The van der Waals surface area contributed by atoms with E-state index in [1.165, 1.54) is 36.4 Å². The largest absolute Gasteiger partial charge is 0.508 e. The lowest BCUT2D eigenvalue weighted by Gasteiger charge is -2.27. The van der Waals surface area contributed by atoms with Gasteiger partial charge >= 0.3 is 5.97 Å². The number of carbonyl (C=O) groups excluding carboxylic acids is 4. The second-order valence-corrected chi connectivity index (χ2v) is 9.71. The quantitative estimate of drug-likeness (QED) is 0.146. The Morgan fingerprint density at radius 2 is 1.18 bits per heavy atom. The zero-order valence-corrected chi connectivity index (χ0v) is 22.2. The molecule has 2 rings (SSSR count). The van der Waals surface area contributed by atoms with Crippen molar-refractivity contribution in [3.8, 4) is 11.5 Å². The summed E-state index contributed by atoms with van der Waals surface area (Å²) < 4.78 is 0. The number of nitrogens with two attached hydrogens (primary N) is 2. The van der Waals surface area contributed by atoms with Gasteiger partial charge in [0.05, 0.1) is 12.5 Å². The van der Waals surface area contributed by atoms with E-state index in [9.17, 15) is 39.3 Å². The molecule has 13 heteroatoms. The van der Waals surface area contributed by atoms with Crippen LogP contribution in [0.1, 0.15) is 31.4 Å². The van der Waals surface area contributed by atoms with E-state index in [0.29, 0.717) is 11.1 Å². The number of carbonyl (C=O) groups is 5. The molecule has 216 valence electrons. The lowest BCUT2D eigenvalue weighted by molar-refractivity contribution is -0.142. The number of benzene rings is 2. The molecule has 10 N–H and O–H groups in total. The Hall–Kier alpha value is -4.65. The molecule has 0 aromatic heterocycles. The molecule has 0 aliphatic heterocycles. The van der Waals surface area contributed by atoms with Crippen LogP contribution in [0.15, 0.2) is 48.5 Å². The van der Waals surface area contributed by atoms with Crippen molar-refractivity contribution < 1.29 is 39.3 Å². The minimum Gasteiger partial charge on any atom is -0.508 e. The molecule has 0 heterocycles. The number of carboxylic acids is 1. The van der Waals surface area contributed by atoms with Gasteiger partial charge in [-0.3, -0.25) is 19.2 Å². The molecule has 0 saturated carbocycles. The minimum absolute atomic E-state index is 0.00546.